The van der Waals surface area contributed by atoms with Gasteiger partial charge in [0.1, 0.15) is 17.2 Å². The van der Waals surface area contributed by atoms with Crippen LogP contribution in [0.4, 0.5) is 0 Å². The van der Waals surface area contributed by atoms with Crippen molar-refractivity contribution in [2.75, 3.05) is 0 Å². The first-order chi connectivity index (χ1) is 10.2. The molecule has 0 atom stereocenters. The summed E-state index contributed by atoms with van der Waals surface area (Å²) >= 11 is 4.86. The largest absolute Gasteiger partial charge is 0.457 e. The van der Waals surface area contributed by atoms with Gasteiger partial charge in [-0.15, -0.1) is 6.42 Å². The zero-order valence-electron chi connectivity index (χ0n) is 10.8. The summed E-state index contributed by atoms with van der Waals surface area (Å²) < 4.78 is 5.70. The van der Waals surface area contributed by atoms with E-state index in [0.717, 1.165) is 11.1 Å². The average Bonchev–Trinajstić information content (AvgIpc) is 3.07. The van der Waals surface area contributed by atoms with Crippen molar-refractivity contribution in [2.45, 2.75) is 0 Å². The summed E-state index contributed by atoms with van der Waals surface area (Å²) in [5, 5.41) is 5.55. The highest BCUT2D eigenvalue weighted by Gasteiger charge is 2.20. The molecule has 4 nitrogen and oxygen atoms in total. The van der Waals surface area contributed by atoms with Crippen LogP contribution in [-0.2, 0) is 4.79 Å². The highest BCUT2D eigenvalue weighted by molar-refractivity contribution is 7.80. The number of hydrogen-bond donors (Lipinski definition) is 2. The molecule has 2 N–H and O–H groups in total. The van der Waals surface area contributed by atoms with E-state index in [1.165, 1.54) is 0 Å². The van der Waals surface area contributed by atoms with E-state index in [-0.39, 0.29) is 5.91 Å². The van der Waals surface area contributed by atoms with E-state index < -0.39 is 0 Å². The van der Waals surface area contributed by atoms with Gasteiger partial charge in [0.25, 0.3) is 5.91 Å². The fourth-order valence-electron chi connectivity index (χ4n) is 1.94. The van der Waals surface area contributed by atoms with E-state index in [1.807, 2.05) is 30.3 Å². The van der Waals surface area contributed by atoms with Crippen LogP contribution in [0, 0.1) is 12.3 Å². The molecule has 1 aliphatic rings. The number of amides is 1. The first-order valence-corrected chi connectivity index (χ1v) is 6.57. The fourth-order valence-corrected chi connectivity index (χ4v) is 2.14. The minimum atomic E-state index is -0.267. The molecule has 0 unspecified atom stereocenters. The first-order valence-electron chi connectivity index (χ1n) is 6.16. The van der Waals surface area contributed by atoms with E-state index in [0.29, 0.717) is 22.3 Å². The molecule has 1 aromatic heterocycles. The molecule has 0 spiro atoms. The van der Waals surface area contributed by atoms with E-state index in [1.54, 1.807) is 12.1 Å². The molecule has 1 aliphatic heterocycles. The molecule has 1 aromatic carbocycles. The zero-order chi connectivity index (χ0) is 14.8. The van der Waals surface area contributed by atoms with Crippen LogP contribution < -0.4 is 10.6 Å². The van der Waals surface area contributed by atoms with Gasteiger partial charge in [0.15, 0.2) is 5.11 Å². The molecule has 1 saturated heterocycles. The van der Waals surface area contributed by atoms with Crippen LogP contribution in [-0.4, -0.2) is 11.0 Å². The summed E-state index contributed by atoms with van der Waals surface area (Å²) in [6.45, 7) is 0. The average molecular weight is 294 g/mol. The lowest BCUT2D eigenvalue weighted by atomic mass is 10.1. The highest BCUT2D eigenvalue weighted by Crippen LogP contribution is 2.23. The normalized spacial score (nSPS) is 15.7. The van der Waals surface area contributed by atoms with Crippen LogP contribution in [0.15, 0.2) is 46.5 Å². The third kappa shape index (κ3) is 2.71. The van der Waals surface area contributed by atoms with Crippen molar-refractivity contribution in [2.24, 2.45) is 0 Å². The smallest absolute Gasteiger partial charge is 0.274 e. The topological polar surface area (TPSA) is 54.3 Å². The molecule has 0 saturated carbocycles. The van der Waals surface area contributed by atoms with Gasteiger partial charge in [-0.2, -0.15) is 0 Å². The monoisotopic (exact) mass is 294 g/mol. The number of carbonyl (C=O) groups is 1. The molecule has 3 rings (SSSR count). The fraction of sp³-hybridized carbons (Fsp3) is 0. The van der Waals surface area contributed by atoms with Crippen molar-refractivity contribution >= 4 is 29.3 Å². The van der Waals surface area contributed by atoms with E-state index in [9.17, 15) is 4.79 Å². The Labute approximate surface area is 126 Å². The third-order valence-electron chi connectivity index (χ3n) is 2.97. The van der Waals surface area contributed by atoms with Crippen LogP contribution >= 0.6 is 12.2 Å². The predicted octanol–water partition coefficient (Wildman–Crippen LogP) is 2.27. The molecule has 1 amide bonds. The van der Waals surface area contributed by atoms with Crippen molar-refractivity contribution in [1.82, 2.24) is 10.6 Å². The molecular formula is C16H10N2O2S. The number of nitrogens with one attached hydrogen (secondary N) is 2. The van der Waals surface area contributed by atoms with Crippen LogP contribution in [0.1, 0.15) is 11.3 Å². The van der Waals surface area contributed by atoms with Gasteiger partial charge in [-0.05, 0) is 36.5 Å². The van der Waals surface area contributed by atoms with Gasteiger partial charge in [-0.1, -0.05) is 18.1 Å². The number of rotatable bonds is 2. The SMILES string of the molecule is C#Cc1ccc(-c2ccc(C=C3NC(=S)NC3=O)o2)cc1. The van der Waals surface area contributed by atoms with Crippen LogP contribution in [0.2, 0.25) is 0 Å². The van der Waals surface area contributed by atoms with Gasteiger partial charge in [0.05, 0.1) is 0 Å². The molecule has 102 valence electrons. The summed E-state index contributed by atoms with van der Waals surface area (Å²) in [7, 11) is 0. The minimum absolute atomic E-state index is 0.267. The third-order valence-corrected chi connectivity index (χ3v) is 3.17. The van der Waals surface area contributed by atoms with Crippen LogP contribution in [0.3, 0.4) is 0 Å². The summed E-state index contributed by atoms with van der Waals surface area (Å²) in [6.07, 6.45) is 6.93. The van der Waals surface area contributed by atoms with Gasteiger partial charge in [-0.25, -0.2) is 0 Å². The number of carbonyl (C=O) groups excluding carboxylic acids is 1. The second kappa shape index (κ2) is 5.27. The van der Waals surface area contributed by atoms with Gasteiger partial charge in [-0.3, -0.25) is 10.1 Å². The number of furan rings is 1. The zero-order valence-corrected chi connectivity index (χ0v) is 11.7. The van der Waals surface area contributed by atoms with Gasteiger partial charge in [0.2, 0.25) is 0 Å². The van der Waals surface area contributed by atoms with Gasteiger partial charge >= 0.3 is 0 Å². The van der Waals surface area contributed by atoms with E-state index in [2.05, 4.69) is 16.6 Å². The molecule has 5 heteroatoms. The quantitative estimate of drug-likeness (QED) is 0.507. The molecular weight excluding hydrogens is 284 g/mol. The lowest BCUT2D eigenvalue weighted by molar-refractivity contribution is -0.115. The van der Waals surface area contributed by atoms with Gasteiger partial charge in [0, 0.05) is 17.2 Å². The Hall–Kier alpha value is -2.84. The second-order valence-corrected chi connectivity index (χ2v) is 4.80. The molecule has 0 aliphatic carbocycles. The lowest BCUT2D eigenvalue weighted by Crippen LogP contribution is -2.21. The first kappa shape index (κ1) is 13.2. The molecule has 2 aromatic rings. The molecule has 0 radical (unpaired) electrons. The Bertz CT molecular complexity index is 794. The highest BCUT2D eigenvalue weighted by atomic mass is 32.1. The van der Waals surface area contributed by atoms with Crippen molar-refractivity contribution in [3.63, 3.8) is 0 Å². The molecule has 0 bridgehead atoms. The maximum atomic E-state index is 11.5. The maximum Gasteiger partial charge on any atom is 0.274 e. The van der Waals surface area contributed by atoms with E-state index in [4.69, 9.17) is 23.1 Å². The summed E-state index contributed by atoms with van der Waals surface area (Å²) in [5.74, 6) is 3.56. The lowest BCUT2D eigenvalue weighted by Gasteiger charge is -1.97. The van der Waals surface area contributed by atoms with Crippen molar-refractivity contribution in [3.05, 3.63) is 53.4 Å². The van der Waals surface area contributed by atoms with Crippen molar-refractivity contribution in [3.8, 4) is 23.7 Å². The van der Waals surface area contributed by atoms with Crippen LogP contribution in [0.5, 0.6) is 0 Å². The molecule has 1 fully saturated rings. The Morgan fingerprint density at radius 3 is 2.52 bits per heavy atom. The summed E-state index contributed by atoms with van der Waals surface area (Å²) in [4.78, 5) is 11.5. The number of terminal acetylenes is 1. The summed E-state index contributed by atoms with van der Waals surface area (Å²) in [6, 6.07) is 11.1. The van der Waals surface area contributed by atoms with Crippen molar-refractivity contribution in [1.29, 1.82) is 0 Å². The maximum absolute atomic E-state index is 11.5. The van der Waals surface area contributed by atoms with Crippen LogP contribution in [0.25, 0.3) is 17.4 Å². The Balaban J connectivity index is 1.86. The Morgan fingerprint density at radius 1 is 1.14 bits per heavy atom. The number of hydrogen-bond acceptors (Lipinski definition) is 3. The standard InChI is InChI=1S/C16H10N2O2S/c1-2-10-3-5-11(6-4-10)14-8-7-12(20-14)9-13-15(19)18-16(21)17-13/h1,3-9H,(H2,17,18,19,21). The summed E-state index contributed by atoms with van der Waals surface area (Å²) in [5.41, 5.74) is 2.09. The van der Waals surface area contributed by atoms with Crippen molar-refractivity contribution < 1.29 is 9.21 Å². The van der Waals surface area contributed by atoms with E-state index >= 15 is 0 Å². The number of thiocarbonyl (C=S) groups is 1. The molecule has 21 heavy (non-hydrogen) atoms. The number of benzene rings is 1. The second-order valence-electron chi connectivity index (χ2n) is 4.39. The van der Waals surface area contributed by atoms with Gasteiger partial charge < -0.3 is 9.73 Å². The molecule has 2 heterocycles. The Morgan fingerprint density at radius 2 is 1.90 bits per heavy atom. The minimum Gasteiger partial charge on any atom is -0.457 e. The Kier molecular flexibility index (Phi) is 3.30. The predicted molar refractivity (Wildman–Crippen MR) is 83.9 cm³/mol.